The normalized spacial score (nSPS) is 12.8. The van der Waals surface area contributed by atoms with E-state index in [9.17, 15) is 13.6 Å². The Morgan fingerprint density at radius 2 is 1.95 bits per heavy atom. The SMILES string of the molecule is CC(C)C(C)NC(=O)CN(C)Cc1ccc(F)cc1F. The number of carbonyl (C=O) groups is 1. The van der Waals surface area contributed by atoms with E-state index in [1.54, 1.807) is 11.9 Å². The number of halogens is 2. The summed E-state index contributed by atoms with van der Waals surface area (Å²) in [6, 6.07) is 3.56. The lowest BCUT2D eigenvalue weighted by molar-refractivity contribution is -0.122. The first-order valence-electron chi connectivity index (χ1n) is 6.71. The number of rotatable bonds is 6. The predicted octanol–water partition coefficient (Wildman–Crippen LogP) is 2.56. The summed E-state index contributed by atoms with van der Waals surface area (Å²) >= 11 is 0. The van der Waals surface area contributed by atoms with Crippen molar-refractivity contribution in [3.8, 4) is 0 Å². The Morgan fingerprint density at radius 1 is 1.30 bits per heavy atom. The molecule has 1 atom stereocenters. The molecule has 0 heterocycles. The predicted molar refractivity (Wildman–Crippen MR) is 75.1 cm³/mol. The molecule has 0 fully saturated rings. The molecule has 20 heavy (non-hydrogen) atoms. The molecule has 1 aromatic carbocycles. The van der Waals surface area contributed by atoms with Crippen molar-refractivity contribution in [2.75, 3.05) is 13.6 Å². The Bertz CT molecular complexity index is 463. The van der Waals surface area contributed by atoms with Crippen molar-refractivity contribution in [1.29, 1.82) is 0 Å². The van der Waals surface area contributed by atoms with Crippen LogP contribution in [0, 0.1) is 17.6 Å². The zero-order valence-corrected chi connectivity index (χ0v) is 12.4. The number of likely N-dealkylation sites (N-methyl/N-ethyl adjacent to an activating group) is 1. The zero-order valence-electron chi connectivity index (χ0n) is 12.4. The molecule has 0 aliphatic rings. The molecule has 0 saturated heterocycles. The molecule has 3 nitrogen and oxygen atoms in total. The molecule has 0 bridgehead atoms. The van der Waals surface area contributed by atoms with Crippen LogP contribution in [-0.4, -0.2) is 30.4 Å². The van der Waals surface area contributed by atoms with Gasteiger partial charge in [0.15, 0.2) is 0 Å². The fourth-order valence-corrected chi connectivity index (χ4v) is 1.71. The van der Waals surface area contributed by atoms with Crippen molar-refractivity contribution in [3.05, 3.63) is 35.4 Å². The van der Waals surface area contributed by atoms with Crippen LogP contribution in [0.2, 0.25) is 0 Å². The number of carbonyl (C=O) groups excluding carboxylic acids is 1. The molecular formula is C15H22F2N2O. The summed E-state index contributed by atoms with van der Waals surface area (Å²) < 4.78 is 26.3. The molecule has 1 aromatic rings. The van der Waals surface area contributed by atoms with Crippen LogP contribution in [0.4, 0.5) is 8.78 Å². The summed E-state index contributed by atoms with van der Waals surface area (Å²) in [5.41, 5.74) is 0.374. The lowest BCUT2D eigenvalue weighted by atomic mass is 10.1. The largest absolute Gasteiger partial charge is 0.352 e. The van der Waals surface area contributed by atoms with Crippen molar-refractivity contribution in [2.45, 2.75) is 33.4 Å². The average molecular weight is 284 g/mol. The Labute approximate surface area is 119 Å². The molecule has 0 aliphatic carbocycles. The van der Waals surface area contributed by atoms with Crippen LogP contribution in [0.15, 0.2) is 18.2 Å². The van der Waals surface area contributed by atoms with Gasteiger partial charge in [0.25, 0.3) is 0 Å². The number of hydrogen-bond acceptors (Lipinski definition) is 2. The second-order valence-corrected chi connectivity index (χ2v) is 5.51. The molecule has 0 aliphatic heterocycles. The van der Waals surface area contributed by atoms with E-state index in [0.29, 0.717) is 11.5 Å². The van der Waals surface area contributed by atoms with Crippen molar-refractivity contribution >= 4 is 5.91 Å². The van der Waals surface area contributed by atoms with E-state index < -0.39 is 11.6 Å². The molecule has 0 saturated carbocycles. The maximum absolute atomic E-state index is 13.5. The van der Waals surface area contributed by atoms with E-state index in [2.05, 4.69) is 5.32 Å². The maximum atomic E-state index is 13.5. The smallest absolute Gasteiger partial charge is 0.234 e. The maximum Gasteiger partial charge on any atom is 0.234 e. The second kappa shape index (κ2) is 7.33. The van der Waals surface area contributed by atoms with Gasteiger partial charge in [-0.25, -0.2) is 8.78 Å². The summed E-state index contributed by atoms with van der Waals surface area (Å²) in [6.07, 6.45) is 0. The summed E-state index contributed by atoms with van der Waals surface area (Å²) in [7, 11) is 1.72. The van der Waals surface area contributed by atoms with Crippen molar-refractivity contribution in [2.24, 2.45) is 5.92 Å². The molecule has 1 rings (SSSR count). The zero-order chi connectivity index (χ0) is 15.3. The summed E-state index contributed by atoms with van der Waals surface area (Å²) in [5.74, 6) is -0.930. The van der Waals surface area contributed by atoms with Gasteiger partial charge in [-0.1, -0.05) is 19.9 Å². The number of nitrogens with zero attached hydrogens (tertiary/aromatic N) is 1. The monoisotopic (exact) mass is 284 g/mol. The number of nitrogens with one attached hydrogen (secondary N) is 1. The quantitative estimate of drug-likeness (QED) is 0.870. The van der Waals surface area contributed by atoms with Gasteiger partial charge in [0.1, 0.15) is 11.6 Å². The van der Waals surface area contributed by atoms with Crippen molar-refractivity contribution < 1.29 is 13.6 Å². The minimum atomic E-state index is -0.600. The standard InChI is InChI=1S/C15H22F2N2O/c1-10(2)11(3)18-15(20)9-19(4)8-12-5-6-13(16)7-14(12)17/h5-7,10-11H,8-9H2,1-4H3,(H,18,20). The average Bonchev–Trinajstić information content (AvgIpc) is 2.32. The van der Waals surface area contributed by atoms with Gasteiger partial charge in [-0.3, -0.25) is 9.69 Å². The first-order chi connectivity index (χ1) is 9.29. The Balaban J connectivity index is 2.51. The Hall–Kier alpha value is -1.49. The molecular weight excluding hydrogens is 262 g/mol. The number of amides is 1. The van der Waals surface area contributed by atoms with Crippen LogP contribution in [0.25, 0.3) is 0 Å². The van der Waals surface area contributed by atoms with Gasteiger partial charge in [0, 0.05) is 24.2 Å². The minimum Gasteiger partial charge on any atom is -0.352 e. The highest BCUT2D eigenvalue weighted by Gasteiger charge is 2.13. The van der Waals surface area contributed by atoms with E-state index in [4.69, 9.17) is 0 Å². The lowest BCUT2D eigenvalue weighted by Gasteiger charge is -2.21. The van der Waals surface area contributed by atoms with Gasteiger partial charge in [0.2, 0.25) is 5.91 Å². The highest BCUT2D eigenvalue weighted by molar-refractivity contribution is 5.78. The lowest BCUT2D eigenvalue weighted by Crippen LogP contribution is -2.41. The highest BCUT2D eigenvalue weighted by atomic mass is 19.1. The molecule has 0 radical (unpaired) electrons. The third-order valence-electron chi connectivity index (χ3n) is 3.26. The van der Waals surface area contributed by atoms with Gasteiger partial charge in [-0.2, -0.15) is 0 Å². The van der Waals surface area contributed by atoms with Crippen LogP contribution >= 0.6 is 0 Å². The van der Waals surface area contributed by atoms with Crippen LogP contribution in [0.1, 0.15) is 26.3 Å². The first-order valence-corrected chi connectivity index (χ1v) is 6.71. The minimum absolute atomic E-state index is 0.0958. The van der Waals surface area contributed by atoms with E-state index in [1.165, 1.54) is 12.1 Å². The van der Waals surface area contributed by atoms with E-state index >= 15 is 0 Å². The Kier molecular flexibility index (Phi) is 6.07. The fraction of sp³-hybridized carbons (Fsp3) is 0.533. The fourth-order valence-electron chi connectivity index (χ4n) is 1.71. The van der Waals surface area contributed by atoms with E-state index in [-0.39, 0.29) is 25.0 Å². The van der Waals surface area contributed by atoms with Crippen molar-refractivity contribution in [1.82, 2.24) is 10.2 Å². The van der Waals surface area contributed by atoms with Gasteiger partial charge >= 0.3 is 0 Å². The number of benzene rings is 1. The third-order valence-corrected chi connectivity index (χ3v) is 3.26. The summed E-state index contributed by atoms with van der Waals surface area (Å²) in [6.45, 7) is 6.44. The third kappa shape index (κ3) is 5.25. The van der Waals surface area contributed by atoms with Crippen LogP contribution < -0.4 is 5.32 Å². The number of hydrogen-bond donors (Lipinski definition) is 1. The van der Waals surface area contributed by atoms with Crippen LogP contribution in [0.5, 0.6) is 0 Å². The molecule has 1 N–H and O–H groups in total. The van der Waals surface area contributed by atoms with E-state index in [1.807, 2.05) is 20.8 Å². The molecule has 0 spiro atoms. The Morgan fingerprint density at radius 3 is 2.50 bits per heavy atom. The van der Waals surface area contributed by atoms with Gasteiger partial charge in [-0.15, -0.1) is 0 Å². The van der Waals surface area contributed by atoms with Gasteiger partial charge in [-0.05, 0) is 26.0 Å². The van der Waals surface area contributed by atoms with Crippen LogP contribution in [0.3, 0.4) is 0 Å². The summed E-state index contributed by atoms with van der Waals surface area (Å²) in [5, 5.41) is 2.89. The van der Waals surface area contributed by atoms with Crippen molar-refractivity contribution in [3.63, 3.8) is 0 Å². The van der Waals surface area contributed by atoms with Crippen LogP contribution in [-0.2, 0) is 11.3 Å². The topological polar surface area (TPSA) is 32.3 Å². The molecule has 0 aromatic heterocycles. The first kappa shape index (κ1) is 16.6. The molecule has 1 unspecified atom stereocenters. The van der Waals surface area contributed by atoms with Gasteiger partial charge < -0.3 is 5.32 Å². The molecule has 5 heteroatoms. The molecule has 112 valence electrons. The van der Waals surface area contributed by atoms with Gasteiger partial charge in [0.05, 0.1) is 6.54 Å². The molecule has 1 amide bonds. The second-order valence-electron chi connectivity index (χ2n) is 5.51. The van der Waals surface area contributed by atoms with E-state index in [0.717, 1.165) is 6.07 Å². The highest BCUT2D eigenvalue weighted by Crippen LogP contribution is 2.11. The summed E-state index contributed by atoms with van der Waals surface area (Å²) in [4.78, 5) is 13.5.